The third kappa shape index (κ3) is 3.25. The van der Waals surface area contributed by atoms with Crippen molar-refractivity contribution >= 4 is 27.5 Å². The molecule has 2 heterocycles. The number of hydrogen-bond acceptors (Lipinski definition) is 6. The Bertz CT molecular complexity index is 1100. The standard InChI is InChI=1S/C21H23N3O3S/c1-12-17-19(25)22-16(23-20(17)28-18(12)21(26)27-3)11-24(2)15-10-6-8-13-7-4-5-9-14(13)15/h4-5,7,9,15H,6,8,10-11H2,1-3H3,(H,22,23,25)/t15-/m0/s1. The van der Waals surface area contributed by atoms with Gasteiger partial charge in [-0.2, -0.15) is 0 Å². The molecular weight excluding hydrogens is 374 g/mol. The lowest BCUT2D eigenvalue weighted by molar-refractivity contribution is 0.0605. The molecule has 3 aromatic rings. The molecule has 2 aromatic heterocycles. The average molecular weight is 398 g/mol. The van der Waals surface area contributed by atoms with Crippen LogP contribution in [-0.2, 0) is 17.7 Å². The average Bonchev–Trinajstić information content (AvgIpc) is 3.03. The highest BCUT2D eigenvalue weighted by Crippen LogP contribution is 2.34. The normalized spacial score (nSPS) is 16.4. The second-order valence-corrected chi connectivity index (χ2v) is 8.26. The van der Waals surface area contributed by atoms with Gasteiger partial charge in [0.15, 0.2) is 0 Å². The fourth-order valence-electron chi connectivity index (χ4n) is 4.08. The summed E-state index contributed by atoms with van der Waals surface area (Å²) >= 11 is 1.21. The molecule has 0 saturated carbocycles. The lowest BCUT2D eigenvalue weighted by atomic mass is 9.87. The first kappa shape index (κ1) is 18.8. The summed E-state index contributed by atoms with van der Waals surface area (Å²) in [4.78, 5) is 35.4. The molecule has 6 nitrogen and oxygen atoms in total. The van der Waals surface area contributed by atoms with Crippen molar-refractivity contribution in [3.63, 3.8) is 0 Å². The number of ether oxygens (including phenoxy) is 1. The number of nitrogens with one attached hydrogen (secondary N) is 1. The zero-order valence-electron chi connectivity index (χ0n) is 16.2. The monoisotopic (exact) mass is 397 g/mol. The molecule has 0 aliphatic heterocycles. The molecule has 0 unspecified atom stereocenters. The van der Waals surface area contributed by atoms with Crippen molar-refractivity contribution in [3.8, 4) is 0 Å². The first-order chi connectivity index (χ1) is 13.5. The van der Waals surface area contributed by atoms with Gasteiger partial charge in [-0.05, 0) is 49.9 Å². The van der Waals surface area contributed by atoms with Gasteiger partial charge in [0.25, 0.3) is 5.56 Å². The van der Waals surface area contributed by atoms with Crippen LogP contribution in [-0.4, -0.2) is 35.0 Å². The van der Waals surface area contributed by atoms with Crippen LogP contribution in [0.15, 0.2) is 29.1 Å². The van der Waals surface area contributed by atoms with Gasteiger partial charge in [0.2, 0.25) is 0 Å². The third-order valence-corrected chi connectivity index (χ3v) is 6.66. The second-order valence-electron chi connectivity index (χ2n) is 7.26. The van der Waals surface area contributed by atoms with Gasteiger partial charge in [-0.25, -0.2) is 9.78 Å². The molecule has 0 bridgehead atoms. The molecule has 1 atom stereocenters. The molecule has 0 spiro atoms. The molecule has 1 aliphatic rings. The quantitative estimate of drug-likeness (QED) is 0.681. The summed E-state index contributed by atoms with van der Waals surface area (Å²) in [5.41, 5.74) is 3.18. The molecule has 0 radical (unpaired) electrons. The number of carbonyl (C=O) groups is 1. The number of H-pyrrole nitrogens is 1. The number of fused-ring (bicyclic) bond motifs is 2. The lowest BCUT2D eigenvalue weighted by Crippen LogP contribution is -2.29. The third-order valence-electron chi connectivity index (χ3n) is 5.49. The Kier molecular flexibility index (Phi) is 5.03. The Hall–Kier alpha value is -2.51. The van der Waals surface area contributed by atoms with Crippen LogP contribution in [0.1, 0.15) is 51.1 Å². The number of aromatic nitrogens is 2. The van der Waals surface area contributed by atoms with Crippen LogP contribution in [0, 0.1) is 6.92 Å². The number of aromatic amines is 1. The van der Waals surface area contributed by atoms with E-state index in [9.17, 15) is 9.59 Å². The summed E-state index contributed by atoms with van der Waals surface area (Å²) in [6.45, 7) is 2.29. The zero-order chi connectivity index (χ0) is 19.8. The summed E-state index contributed by atoms with van der Waals surface area (Å²) in [6, 6.07) is 8.87. The predicted molar refractivity (Wildman–Crippen MR) is 110 cm³/mol. The highest BCUT2D eigenvalue weighted by Gasteiger charge is 2.25. The van der Waals surface area contributed by atoms with E-state index in [0.717, 1.165) is 19.3 Å². The number of methoxy groups -OCH3 is 1. The van der Waals surface area contributed by atoms with Gasteiger partial charge >= 0.3 is 5.97 Å². The number of esters is 1. The van der Waals surface area contributed by atoms with E-state index >= 15 is 0 Å². The summed E-state index contributed by atoms with van der Waals surface area (Å²) in [6.07, 6.45) is 3.36. The highest BCUT2D eigenvalue weighted by atomic mass is 32.1. The summed E-state index contributed by atoms with van der Waals surface area (Å²) in [5.74, 6) is 0.179. The summed E-state index contributed by atoms with van der Waals surface area (Å²) < 4.78 is 4.82. The predicted octanol–water partition coefficient (Wildman–Crippen LogP) is 3.59. The van der Waals surface area contributed by atoms with Crippen molar-refractivity contribution in [1.29, 1.82) is 0 Å². The molecule has 0 amide bonds. The van der Waals surface area contributed by atoms with Crippen LogP contribution in [0.3, 0.4) is 0 Å². The maximum absolute atomic E-state index is 12.6. The van der Waals surface area contributed by atoms with Crippen LogP contribution in [0.4, 0.5) is 0 Å². The number of nitrogens with zero attached hydrogens (tertiary/aromatic N) is 2. The second kappa shape index (κ2) is 7.48. The first-order valence-corrected chi connectivity index (χ1v) is 10.2. The van der Waals surface area contributed by atoms with Gasteiger partial charge in [0, 0.05) is 6.04 Å². The van der Waals surface area contributed by atoms with Crippen LogP contribution in [0.5, 0.6) is 0 Å². The van der Waals surface area contributed by atoms with Gasteiger partial charge in [-0.1, -0.05) is 24.3 Å². The van der Waals surface area contributed by atoms with E-state index in [4.69, 9.17) is 4.74 Å². The van der Waals surface area contributed by atoms with Gasteiger partial charge in [-0.3, -0.25) is 9.69 Å². The van der Waals surface area contributed by atoms with Gasteiger partial charge < -0.3 is 9.72 Å². The Morgan fingerprint density at radius 3 is 2.96 bits per heavy atom. The van der Waals surface area contributed by atoms with Crippen molar-refractivity contribution in [2.75, 3.05) is 14.2 Å². The molecule has 1 aromatic carbocycles. The molecule has 0 fully saturated rings. The van der Waals surface area contributed by atoms with Crippen LogP contribution in [0.2, 0.25) is 0 Å². The van der Waals surface area contributed by atoms with E-state index in [-0.39, 0.29) is 5.56 Å². The van der Waals surface area contributed by atoms with Crippen molar-refractivity contribution < 1.29 is 9.53 Å². The van der Waals surface area contributed by atoms with Gasteiger partial charge in [-0.15, -0.1) is 11.3 Å². The smallest absolute Gasteiger partial charge is 0.348 e. The van der Waals surface area contributed by atoms with Crippen LogP contribution < -0.4 is 5.56 Å². The number of thiophene rings is 1. The highest BCUT2D eigenvalue weighted by molar-refractivity contribution is 7.20. The molecule has 4 rings (SSSR count). The fourth-order valence-corrected chi connectivity index (χ4v) is 5.20. The number of rotatable bonds is 4. The van der Waals surface area contributed by atoms with Crippen molar-refractivity contribution in [2.24, 2.45) is 0 Å². The minimum absolute atomic E-state index is 0.207. The van der Waals surface area contributed by atoms with Crippen molar-refractivity contribution in [3.05, 3.63) is 62.0 Å². The molecule has 0 saturated heterocycles. The van der Waals surface area contributed by atoms with Crippen LogP contribution in [0.25, 0.3) is 10.2 Å². The van der Waals surface area contributed by atoms with Gasteiger partial charge in [0.1, 0.15) is 15.5 Å². The van der Waals surface area contributed by atoms with E-state index in [0.29, 0.717) is 39.1 Å². The molecule has 7 heteroatoms. The van der Waals surface area contributed by atoms with Crippen molar-refractivity contribution in [1.82, 2.24) is 14.9 Å². The minimum atomic E-state index is -0.433. The largest absolute Gasteiger partial charge is 0.465 e. The fraction of sp³-hybridized carbons (Fsp3) is 0.381. The summed E-state index contributed by atoms with van der Waals surface area (Å²) in [7, 11) is 3.41. The Morgan fingerprint density at radius 2 is 2.18 bits per heavy atom. The first-order valence-electron chi connectivity index (χ1n) is 9.38. The molecule has 28 heavy (non-hydrogen) atoms. The van der Waals surface area contributed by atoms with Gasteiger partial charge in [0.05, 0.1) is 19.0 Å². The SMILES string of the molecule is COC(=O)c1sc2nc(CN(C)[C@H]3CCCc4ccccc43)[nH]c(=O)c2c1C. The number of aryl methyl sites for hydroxylation is 2. The maximum atomic E-state index is 12.6. The van der Waals surface area contributed by atoms with E-state index in [2.05, 4.69) is 46.2 Å². The van der Waals surface area contributed by atoms with E-state index in [1.165, 1.54) is 29.6 Å². The van der Waals surface area contributed by atoms with E-state index in [1.54, 1.807) is 6.92 Å². The van der Waals surface area contributed by atoms with Crippen molar-refractivity contribution in [2.45, 2.75) is 38.8 Å². The molecule has 1 aliphatic carbocycles. The Morgan fingerprint density at radius 1 is 1.39 bits per heavy atom. The lowest BCUT2D eigenvalue weighted by Gasteiger charge is -2.33. The number of benzene rings is 1. The molecule has 146 valence electrons. The zero-order valence-corrected chi connectivity index (χ0v) is 17.1. The maximum Gasteiger partial charge on any atom is 0.348 e. The number of hydrogen-bond donors (Lipinski definition) is 1. The van der Waals surface area contributed by atoms with E-state index < -0.39 is 5.97 Å². The Labute approximate surface area is 167 Å². The summed E-state index contributed by atoms with van der Waals surface area (Å²) in [5, 5.41) is 0.472. The van der Waals surface area contributed by atoms with Crippen LogP contribution >= 0.6 is 11.3 Å². The number of carbonyl (C=O) groups excluding carboxylic acids is 1. The minimum Gasteiger partial charge on any atom is -0.465 e. The van der Waals surface area contributed by atoms with E-state index in [1.807, 2.05) is 0 Å². The molecule has 1 N–H and O–H groups in total. The topological polar surface area (TPSA) is 75.3 Å². The molecular formula is C21H23N3O3S. The Balaban J connectivity index is 1.65.